The first kappa shape index (κ1) is 13.6. The van der Waals surface area contributed by atoms with Crippen LogP contribution in [0.25, 0.3) is 0 Å². The molecule has 0 fully saturated rings. The van der Waals surface area contributed by atoms with Gasteiger partial charge in [-0.05, 0) is 24.1 Å². The summed E-state index contributed by atoms with van der Waals surface area (Å²) in [5, 5.41) is 8.20. The van der Waals surface area contributed by atoms with Crippen LogP contribution in [0.15, 0.2) is 24.4 Å². The van der Waals surface area contributed by atoms with E-state index in [2.05, 4.69) is 21.8 Å². The molecule has 1 aromatic carbocycles. The van der Waals surface area contributed by atoms with Gasteiger partial charge in [-0.2, -0.15) is 0 Å². The Morgan fingerprint density at radius 3 is 2.63 bits per heavy atom. The van der Waals surface area contributed by atoms with Crippen molar-refractivity contribution in [2.24, 2.45) is 0 Å². The minimum atomic E-state index is 0.196. The molecule has 5 nitrogen and oxygen atoms in total. The molecule has 2 rings (SSSR count). The topological polar surface area (TPSA) is 56.3 Å². The molecule has 19 heavy (non-hydrogen) atoms. The second-order valence-corrected chi connectivity index (χ2v) is 4.79. The first-order chi connectivity index (χ1) is 9.28. The third-order valence-corrected chi connectivity index (χ3v) is 3.49. The van der Waals surface area contributed by atoms with Crippen LogP contribution in [0.1, 0.15) is 24.9 Å². The van der Waals surface area contributed by atoms with Crippen molar-refractivity contribution in [3.8, 4) is 11.5 Å². The highest BCUT2D eigenvalue weighted by Gasteiger charge is 2.13. The number of aromatic nitrogens is 2. The van der Waals surface area contributed by atoms with Gasteiger partial charge in [0, 0.05) is 11.5 Å². The molecule has 1 atom stereocenters. The minimum absolute atomic E-state index is 0.196. The molecular weight excluding hydrogens is 262 g/mol. The third kappa shape index (κ3) is 3.14. The van der Waals surface area contributed by atoms with Gasteiger partial charge in [-0.25, -0.2) is 0 Å². The highest BCUT2D eigenvalue weighted by molar-refractivity contribution is 7.09. The summed E-state index contributed by atoms with van der Waals surface area (Å²) >= 11 is 1.35. The Labute approximate surface area is 116 Å². The van der Waals surface area contributed by atoms with Gasteiger partial charge in [0.15, 0.2) is 11.5 Å². The number of hydrogen-bond acceptors (Lipinski definition) is 6. The molecule has 102 valence electrons. The molecule has 0 aliphatic heterocycles. The quantitative estimate of drug-likeness (QED) is 0.880. The second kappa shape index (κ2) is 6.38. The van der Waals surface area contributed by atoms with Crippen LogP contribution in [0.3, 0.4) is 0 Å². The monoisotopic (exact) mass is 279 g/mol. The number of hydrogen-bond donors (Lipinski definition) is 1. The molecule has 0 aliphatic rings. The molecule has 0 saturated heterocycles. The molecular formula is C13H17N3O2S. The molecule has 1 heterocycles. The van der Waals surface area contributed by atoms with E-state index in [1.807, 2.05) is 18.2 Å². The van der Waals surface area contributed by atoms with Crippen LogP contribution in [0.4, 0.5) is 5.00 Å². The maximum atomic E-state index is 5.33. The van der Waals surface area contributed by atoms with Crippen LogP contribution in [0.5, 0.6) is 11.5 Å². The fourth-order valence-electron chi connectivity index (χ4n) is 1.89. The fraction of sp³-hybridized carbons (Fsp3) is 0.385. The molecule has 1 unspecified atom stereocenters. The summed E-state index contributed by atoms with van der Waals surface area (Å²) in [7, 11) is 3.28. The predicted octanol–water partition coefficient (Wildman–Crippen LogP) is 3.12. The average molecular weight is 279 g/mol. The van der Waals surface area contributed by atoms with E-state index in [4.69, 9.17) is 9.47 Å². The van der Waals surface area contributed by atoms with Gasteiger partial charge in [0.1, 0.15) is 5.00 Å². The highest BCUT2D eigenvalue weighted by atomic mass is 32.1. The minimum Gasteiger partial charge on any atom is -0.493 e. The molecule has 1 aromatic heterocycles. The Kier molecular flexibility index (Phi) is 4.57. The van der Waals surface area contributed by atoms with E-state index >= 15 is 0 Å². The van der Waals surface area contributed by atoms with Gasteiger partial charge < -0.3 is 14.8 Å². The number of rotatable bonds is 6. The molecule has 0 bridgehead atoms. The van der Waals surface area contributed by atoms with E-state index in [0.717, 1.165) is 28.5 Å². The Bertz CT molecular complexity index is 517. The molecule has 1 N–H and O–H groups in total. The fourth-order valence-corrected chi connectivity index (χ4v) is 2.36. The van der Waals surface area contributed by atoms with E-state index in [1.54, 1.807) is 20.4 Å². The van der Waals surface area contributed by atoms with E-state index in [1.165, 1.54) is 11.5 Å². The normalized spacial score (nSPS) is 11.9. The van der Waals surface area contributed by atoms with Crippen LogP contribution in [-0.4, -0.2) is 23.8 Å². The van der Waals surface area contributed by atoms with Gasteiger partial charge in [-0.1, -0.05) is 17.5 Å². The first-order valence-electron chi connectivity index (χ1n) is 6.04. The average Bonchev–Trinajstić information content (AvgIpc) is 2.97. The zero-order chi connectivity index (χ0) is 13.7. The summed E-state index contributed by atoms with van der Waals surface area (Å²) in [6.45, 7) is 2.13. The van der Waals surface area contributed by atoms with Gasteiger partial charge in [0.25, 0.3) is 0 Å². The maximum Gasteiger partial charge on any atom is 0.161 e. The van der Waals surface area contributed by atoms with Crippen LogP contribution in [0.2, 0.25) is 0 Å². The van der Waals surface area contributed by atoms with E-state index in [9.17, 15) is 0 Å². The zero-order valence-electron chi connectivity index (χ0n) is 11.2. The smallest absolute Gasteiger partial charge is 0.161 e. The number of nitrogens with one attached hydrogen (secondary N) is 1. The van der Waals surface area contributed by atoms with Crippen molar-refractivity contribution in [1.82, 2.24) is 9.59 Å². The number of anilines is 1. The summed E-state index contributed by atoms with van der Waals surface area (Å²) in [4.78, 5) is 0. The Morgan fingerprint density at radius 2 is 2.05 bits per heavy atom. The lowest BCUT2D eigenvalue weighted by atomic mass is 10.0. The lowest BCUT2D eigenvalue weighted by Gasteiger charge is -2.18. The standard InChI is InChI=1S/C13H17N3O2S/c1-4-10(15-13-8-14-16-19-13)9-5-6-11(17-2)12(7-9)18-3/h5-8,10,15H,4H2,1-3H3. The van der Waals surface area contributed by atoms with Gasteiger partial charge in [-0.15, -0.1) is 5.10 Å². The largest absolute Gasteiger partial charge is 0.493 e. The number of ether oxygens (including phenoxy) is 2. The summed E-state index contributed by atoms with van der Waals surface area (Å²) in [5.41, 5.74) is 1.15. The lowest BCUT2D eigenvalue weighted by Crippen LogP contribution is -2.09. The van der Waals surface area contributed by atoms with Gasteiger partial charge in [0.05, 0.1) is 26.5 Å². The van der Waals surface area contributed by atoms with Crippen LogP contribution >= 0.6 is 11.5 Å². The van der Waals surface area contributed by atoms with Crippen molar-refractivity contribution in [1.29, 1.82) is 0 Å². The van der Waals surface area contributed by atoms with Crippen LogP contribution in [-0.2, 0) is 0 Å². The lowest BCUT2D eigenvalue weighted by molar-refractivity contribution is 0.354. The molecule has 0 amide bonds. The van der Waals surface area contributed by atoms with Gasteiger partial charge in [0.2, 0.25) is 0 Å². The van der Waals surface area contributed by atoms with Gasteiger partial charge in [-0.3, -0.25) is 0 Å². The molecule has 0 radical (unpaired) electrons. The summed E-state index contributed by atoms with van der Waals surface area (Å²) in [6, 6.07) is 6.15. The van der Waals surface area contributed by atoms with Gasteiger partial charge >= 0.3 is 0 Å². The maximum absolute atomic E-state index is 5.33. The van der Waals surface area contributed by atoms with Crippen LogP contribution < -0.4 is 14.8 Å². The summed E-state index contributed by atoms with van der Waals surface area (Å²) in [5.74, 6) is 1.48. The number of benzene rings is 1. The molecule has 0 aliphatic carbocycles. The van der Waals surface area contributed by atoms with E-state index < -0.39 is 0 Å². The van der Waals surface area contributed by atoms with Crippen molar-refractivity contribution in [3.63, 3.8) is 0 Å². The summed E-state index contributed by atoms with van der Waals surface area (Å²) in [6.07, 6.45) is 2.68. The van der Waals surface area contributed by atoms with Crippen molar-refractivity contribution in [2.75, 3.05) is 19.5 Å². The predicted molar refractivity (Wildman–Crippen MR) is 76.1 cm³/mol. The Balaban J connectivity index is 2.23. The molecule has 6 heteroatoms. The second-order valence-electron chi connectivity index (χ2n) is 4.00. The van der Waals surface area contributed by atoms with E-state index in [0.29, 0.717) is 0 Å². The van der Waals surface area contributed by atoms with Crippen molar-refractivity contribution >= 4 is 16.5 Å². The van der Waals surface area contributed by atoms with Crippen LogP contribution in [0, 0.1) is 0 Å². The van der Waals surface area contributed by atoms with Crippen molar-refractivity contribution in [2.45, 2.75) is 19.4 Å². The zero-order valence-corrected chi connectivity index (χ0v) is 12.0. The SMILES string of the molecule is CCC(Nc1cnns1)c1ccc(OC)c(OC)c1. The number of nitrogens with zero attached hydrogens (tertiary/aromatic N) is 2. The molecule has 2 aromatic rings. The molecule has 0 spiro atoms. The molecule has 0 saturated carbocycles. The summed E-state index contributed by atoms with van der Waals surface area (Å²) < 4.78 is 14.4. The highest BCUT2D eigenvalue weighted by Crippen LogP contribution is 2.32. The van der Waals surface area contributed by atoms with Crippen molar-refractivity contribution in [3.05, 3.63) is 30.0 Å². The third-order valence-electron chi connectivity index (χ3n) is 2.90. The Hall–Kier alpha value is -1.82. The number of methoxy groups -OCH3 is 2. The van der Waals surface area contributed by atoms with Crippen molar-refractivity contribution < 1.29 is 9.47 Å². The first-order valence-corrected chi connectivity index (χ1v) is 6.81. The Morgan fingerprint density at radius 1 is 1.26 bits per heavy atom. The van der Waals surface area contributed by atoms with E-state index in [-0.39, 0.29) is 6.04 Å².